The van der Waals surface area contributed by atoms with Crippen LogP contribution in [0.2, 0.25) is 5.02 Å². The molecule has 1 aromatic carbocycles. The van der Waals surface area contributed by atoms with E-state index in [9.17, 15) is 4.79 Å². The number of carbonyl (C=O) groups is 1. The fourth-order valence-corrected chi connectivity index (χ4v) is 3.27. The second-order valence-corrected chi connectivity index (χ2v) is 6.66. The SMILES string of the molecule is CSCC(=O)NCC1Cc2cc(Cl)cc(-c3ccncc3)c2O1. The number of ether oxygens (including phenoxy) is 1. The van der Waals surface area contributed by atoms with Crippen LogP contribution in [0.3, 0.4) is 0 Å². The third kappa shape index (κ3) is 3.79. The molecule has 0 radical (unpaired) electrons. The van der Waals surface area contributed by atoms with Crippen molar-refractivity contribution in [3.05, 3.63) is 47.2 Å². The van der Waals surface area contributed by atoms with Gasteiger partial charge in [0.2, 0.25) is 5.91 Å². The topological polar surface area (TPSA) is 51.2 Å². The molecule has 6 heteroatoms. The highest BCUT2D eigenvalue weighted by atomic mass is 35.5. The number of amides is 1. The van der Waals surface area contributed by atoms with Gasteiger partial charge in [0.15, 0.2) is 0 Å². The lowest BCUT2D eigenvalue weighted by molar-refractivity contribution is -0.118. The third-order valence-corrected chi connectivity index (χ3v) is 4.43. The predicted molar refractivity (Wildman–Crippen MR) is 94.2 cm³/mol. The quantitative estimate of drug-likeness (QED) is 0.901. The summed E-state index contributed by atoms with van der Waals surface area (Å²) in [4.78, 5) is 15.6. The molecule has 3 rings (SSSR count). The van der Waals surface area contributed by atoms with Crippen LogP contribution < -0.4 is 10.1 Å². The number of hydrogen-bond acceptors (Lipinski definition) is 4. The first-order valence-electron chi connectivity index (χ1n) is 7.32. The molecule has 0 aliphatic carbocycles. The van der Waals surface area contributed by atoms with Crippen LogP contribution in [0.4, 0.5) is 0 Å². The van der Waals surface area contributed by atoms with Crippen LogP contribution in [0, 0.1) is 0 Å². The number of nitrogens with zero attached hydrogens (tertiary/aromatic N) is 1. The number of aromatic nitrogens is 1. The molecule has 1 unspecified atom stereocenters. The van der Waals surface area contributed by atoms with Gasteiger partial charge in [-0.1, -0.05) is 11.6 Å². The Hall–Kier alpha value is -1.72. The van der Waals surface area contributed by atoms with Gasteiger partial charge in [-0.3, -0.25) is 9.78 Å². The highest BCUT2D eigenvalue weighted by molar-refractivity contribution is 7.99. The van der Waals surface area contributed by atoms with Gasteiger partial charge < -0.3 is 10.1 Å². The van der Waals surface area contributed by atoms with Gasteiger partial charge in [-0.15, -0.1) is 0 Å². The number of nitrogens with one attached hydrogen (secondary N) is 1. The zero-order chi connectivity index (χ0) is 16.2. The number of pyridine rings is 1. The smallest absolute Gasteiger partial charge is 0.230 e. The molecule has 23 heavy (non-hydrogen) atoms. The Morgan fingerprint density at radius 3 is 2.96 bits per heavy atom. The maximum atomic E-state index is 11.6. The van der Waals surface area contributed by atoms with Crippen LogP contribution in [0.25, 0.3) is 11.1 Å². The maximum absolute atomic E-state index is 11.6. The molecule has 2 aromatic rings. The Morgan fingerprint density at radius 2 is 2.22 bits per heavy atom. The molecule has 0 spiro atoms. The summed E-state index contributed by atoms with van der Waals surface area (Å²) in [5.74, 6) is 1.35. The fraction of sp³-hybridized carbons (Fsp3) is 0.294. The molecule has 4 nitrogen and oxygen atoms in total. The van der Waals surface area contributed by atoms with Gasteiger partial charge >= 0.3 is 0 Å². The molecule has 1 atom stereocenters. The zero-order valence-electron chi connectivity index (χ0n) is 12.7. The lowest BCUT2D eigenvalue weighted by atomic mass is 10.0. The Bertz CT molecular complexity index is 709. The molecule has 2 heterocycles. The van der Waals surface area contributed by atoms with Crippen molar-refractivity contribution in [3.8, 4) is 16.9 Å². The van der Waals surface area contributed by atoms with Crippen LogP contribution in [0.5, 0.6) is 5.75 Å². The summed E-state index contributed by atoms with van der Waals surface area (Å²) >= 11 is 7.76. The van der Waals surface area contributed by atoms with Crippen molar-refractivity contribution in [1.82, 2.24) is 10.3 Å². The van der Waals surface area contributed by atoms with Crippen molar-refractivity contribution in [1.29, 1.82) is 0 Å². The maximum Gasteiger partial charge on any atom is 0.230 e. The van der Waals surface area contributed by atoms with Gasteiger partial charge in [0.1, 0.15) is 11.9 Å². The third-order valence-electron chi connectivity index (χ3n) is 3.66. The largest absolute Gasteiger partial charge is 0.487 e. The first-order chi connectivity index (χ1) is 11.2. The molecule has 1 N–H and O–H groups in total. The van der Waals surface area contributed by atoms with Crippen molar-refractivity contribution in [2.75, 3.05) is 18.6 Å². The summed E-state index contributed by atoms with van der Waals surface area (Å²) < 4.78 is 6.08. The number of rotatable bonds is 5. The second kappa shape index (κ2) is 7.23. The minimum absolute atomic E-state index is 0.0319. The Morgan fingerprint density at radius 1 is 1.43 bits per heavy atom. The van der Waals surface area contributed by atoms with Crippen molar-refractivity contribution < 1.29 is 9.53 Å². The van der Waals surface area contributed by atoms with Gasteiger partial charge in [-0.05, 0) is 36.1 Å². The number of fused-ring (bicyclic) bond motifs is 1. The van der Waals surface area contributed by atoms with E-state index in [1.54, 1.807) is 12.4 Å². The van der Waals surface area contributed by atoms with Crippen molar-refractivity contribution >= 4 is 29.3 Å². The first-order valence-corrected chi connectivity index (χ1v) is 9.09. The molecule has 0 saturated heterocycles. The molecule has 0 fully saturated rings. The van der Waals surface area contributed by atoms with E-state index in [4.69, 9.17) is 16.3 Å². The van der Waals surface area contributed by atoms with Crippen LogP contribution in [-0.4, -0.2) is 35.5 Å². The summed E-state index contributed by atoms with van der Waals surface area (Å²) in [5.41, 5.74) is 3.06. The number of hydrogen-bond donors (Lipinski definition) is 1. The van der Waals surface area contributed by atoms with Crippen LogP contribution in [-0.2, 0) is 11.2 Å². The molecular formula is C17H17ClN2O2S. The van der Waals surface area contributed by atoms with E-state index >= 15 is 0 Å². The summed E-state index contributed by atoms with van der Waals surface area (Å²) in [7, 11) is 0. The number of halogens is 1. The Kier molecular flexibility index (Phi) is 5.08. The number of thioether (sulfide) groups is 1. The second-order valence-electron chi connectivity index (χ2n) is 5.36. The van der Waals surface area contributed by atoms with E-state index in [-0.39, 0.29) is 12.0 Å². The Labute approximate surface area is 144 Å². The molecule has 0 bridgehead atoms. The zero-order valence-corrected chi connectivity index (χ0v) is 14.3. The average Bonchev–Trinajstić information content (AvgIpc) is 2.96. The average molecular weight is 349 g/mol. The van der Waals surface area contributed by atoms with E-state index < -0.39 is 0 Å². The normalized spacial score (nSPS) is 15.8. The van der Waals surface area contributed by atoms with Gasteiger partial charge in [0, 0.05) is 35.0 Å². The van der Waals surface area contributed by atoms with Crippen LogP contribution >= 0.6 is 23.4 Å². The molecular weight excluding hydrogens is 332 g/mol. The summed E-state index contributed by atoms with van der Waals surface area (Å²) in [6.07, 6.45) is 6.09. The van der Waals surface area contributed by atoms with Crippen molar-refractivity contribution in [3.63, 3.8) is 0 Å². The van der Waals surface area contributed by atoms with Gasteiger partial charge in [0.25, 0.3) is 0 Å². The van der Waals surface area contributed by atoms with Gasteiger partial charge in [-0.2, -0.15) is 11.8 Å². The van der Waals surface area contributed by atoms with E-state index in [0.717, 1.165) is 28.9 Å². The molecule has 0 saturated carbocycles. The number of carbonyl (C=O) groups excluding carboxylic acids is 1. The van der Waals surface area contributed by atoms with Crippen molar-refractivity contribution in [2.45, 2.75) is 12.5 Å². The van der Waals surface area contributed by atoms with Gasteiger partial charge in [-0.25, -0.2) is 0 Å². The van der Waals surface area contributed by atoms with E-state index in [1.165, 1.54) is 11.8 Å². The van der Waals surface area contributed by atoms with E-state index in [0.29, 0.717) is 17.3 Å². The number of benzene rings is 1. The molecule has 1 amide bonds. The molecule has 1 aliphatic rings. The monoisotopic (exact) mass is 348 g/mol. The highest BCUT2D eigenvalue weighted by Gasteiger charge is 2.26. The predicted octanol–water partition coefficient (Wildman–Crippen LogP) is 3.18. The molecule has 1 aromatic heterocycles. The lowest BCUT2D eigenvalue weighted by Crippen LogP contribution is -2.35. The summed E-state index contributed by atoms with van der Waals surface area (Å²) in [6, 6.07) is 7.71. The van der Waals surface area contributed by atoms with Crippen LogP contribution in [0.1, 0.15) is 5.56 Å². The molecule has 1 aliphatic heterocycles. The summed E-state index contributed by atoms with van der Waals surface area (Å²) in [5, 5.41) is 3.59. The molecule has 120 valence electrons. The lowest BCUT2D eigenvalue weighted by Gasteiger charge is -2.13. The minimum Gasteiger partial charge on any atom is -0.487 e. The Balaban J connectivity index is 1.78. The van der Waals surface area contributed by atoms with Crippen LogP contribution in [0.15, 0.2) is 36.7 Å². The van der Waals surface area contributed by atoms with Gasteiger partial charge in [0.05, 0.1) is 12.3 Å². The van der Waals surface area contributed by atoms with E-state index in [2.05, 4.69) is 10.3 Å². The fourth-order valence-electron chi connectivity index (χ4n) is 2.66. The first kappa shape index (κ1) is 16.1. The van der Waals surface area contributed by atoms with E-state index in [1.807, 2.05) is 30.5 Å². The standard InChI is InChI=1S/C17H17ClN2O2S/c1-23-10-16(21)20-9-14-7-12-6-13(18)8-15(17(12)22-14)11-2-4-19-5-3-11/h2-6,8,14H,7,9-10H2,1H3,(H,20,21). The minimum atomic E-state index is -0.0603. The summed E-state index contributed by atoms with van der Waals surface area (Å²) in [6.45, 7) is 0.501. The van der Waals surface area contributed by atoms with Crippen molar-refractivity contribution in [2.24, 2.45) is 0 Å². The highest BCUT2D eigenvalue weighted by Crippen LogP contribution is 2.40.